The zero-order valence-electron chi connectivity index (χ0n) is 45.3. The Kier molecular flexibility index (Phi) is 17.7. The highest BCUT2D eigenvalue weighted by Gasteiger charge is 2.18. The van der Waals surface area contributed by atoms with E-state index in [0.717, 1.165) is 113 Å². The molecule has 0 saturated heterocycles. The van der Waals surface area contributed by atoms with Crippen molar-refractivity contribution in [2.24, 2.45) is 0 Å². The van der Waals surface area contributed by atoms with Crippen molar-refractivity contribution in [3.8, 4) is 32.0 Å². The summed E-state index contributed by atoms with van der Waals surface area (Å²) in [6.07, 6.45) is 8.43. The van der Waals surface area contributed by atoms with Crippen LogP contribution >= 0.6 is 22.7 Å². The van der Waals surface area contributed by atoms with E-state index < -0.39 is 0 Å². The van der Waals surface area contributed by atoms with Crippen LogP contribution in [0.25, 0.3) is 52.2 Å². The number of methoxy groups -OCH3 is 1. The molecule has 6 nitrogen and oxygen atoms in total. The standard InChI is InChI=1S/C70H68N2O4S2/c1-5-50-17-30-60(31-18-50)71(62-34-26-56(27-35-62)54-22-13-52(14-23-54)12-11-49(3)73)64-38-40-66-58(45-64)47-68(77-66)69-48-59-46-65(39-41-67(59)78-69)72(61-32-19-51(6-2)20-33-61)63-36-28-57(29-37-63)55-24-15-53(16-25-55)21-42-70(74)76-44-10-8-7-9-43-75-4/h13-20,22-41,45-48H,5-12,21,42-44H2,1-4H3. The number of unbranched alkanes of at least 4 members (excludes halogenated alkanes) is 3. The Balaban J connectivity index is 0.870. The van der Waals surface area contributed by atoms with Crippen LogP contribution in [0.2, 0.25) is 0 Å². The maximum atomic E-state index is 12.4. The summed E-state index contributed by atoms with van der Waals surface area (Å²) in [5.74, 6) is 0.0832. The molecule has 0 bridgehead atoms. The third-order valence-corrected chi connectivity index (χ3v) is 17.1. The number of nitrogens with zero attached hydrogens (tertiary/aromatic N) is 2. The van der Waals surface area contributed by atoms with Crippen molar-refractivity contribution in [2.45, 2.75) is 85.0 Å². The largest absolute Gasteiger partial charge is 0.466 e. The lowest BCUT2D eigenvalue weighted by Gasteiger charge is -2.26. The van der Waals surface area contributed by atoms with Crippen molar-refractivity contribution >= 4 is 88.7 Å². The van der Waals surface area contributed by atoms with Crippen LogP contribution in [0.1, 0.15) is 81.5 Å². The Morgan fingerprint density at radius 2 is 0.769 bits per heavy atom. The van der Waals surface area contributed by atoms with Gasteiger partial charge in [0.15, 0.2) is 0 Å². The van der Waals surface area contributed by atoms with Crippen molar-refractivity contribution in [1.29, 1.82) is 0 Å². The minimum Gasteiger partial charge on any atom is -0.466 e. The molecule has 0 saturated carbocycles. The van der Waals surface area contributed by atoms with Gasteiger partial charge in [0.2, 0.25) is 0 Å². The van der Waals surface area contributed by atoms with Gasteiger partial charge in [0.05, 0.1) is 6.61 Å². The molecule has 10 aromatic rings. The highest BCUT2D eigenvalue weighted by molar-refractivity contribution is 7.28. The molecule has 2 heterocycles. The predicted octanol–water partition coefficient (Wildman–Crippen LogP) is 19.4. The molecule has 0 spiro atoms. The zero-order valence-corrected chi connectivity index (χ0v) is 46.9. The number of thiophene rings is 2. The lowest BCUT2D eigenvalue weighted by atomic mass is 10.0. The zero-order chi connectivity index (χ0) is 53.8. The molecule has 0 N–H and O–H groups in total. The van der Waals surface area contributed by atoms with Crippen molar-refractivity contribution in [1.82, 2.24) is 0 Å². The first-order valence-corrected chi connectivity index (χ1v) is 29.2. The number of anilines is 6. The number of carbonyl (C=O) groups is 2. The molecular formula is C70H68N2O4S2. The van der Waals surface area contributed by atoms with Gasteiger partial charge in [-0.05, 0) is 204 Å². The average Bonchev–Trinajstić information content (AvgIpc) is 4.13. The fourth-order valence-corrected chi connectivity index (χ4v) is 12.3. The number of fused-ring (bicyclic) bond motifs is 2. The third kappa shape index (κ3) is 13.2. The quantitative estimate of drug-likeness (QED) is 0.0444. The van der Waals surface area contributed by atoms with E-state index in [1.807, 2.05) is 22.7 Å². The van der Waals surface area contributed by atoms with Gasteiger partial charge in [0, 0.05) is 79.8 Å². The summed E-state index contributed by atoms with van der Waals surface area (Å²) in [5, 5.41) is 2.44. The topological polar surface area (TPSA) is 59.1 Å². The molecule has 0 aliphatic heterocycles. The molecule has 0 amide bonds. The van der Waals surface area contributed by atoms with Crippen LogP contribution in [0.15, 0.2) is 194 Å². The number of aryl methyl sites for hydroxylation is 4. The van der Waals surface area contributed by atoms with E-state index >= 15 is 0 Å². The number of rotatable bonds is 24. The SMILES string of the molecule is CCc1ccc(N(c2ccc(-c3ccc(CCC(C)=O)cc3)cc2)c2ccc3sc(-c4cc5cc(N(c6ccc(CC)cc6)c6ccc(-c7ccc(CCC(=O)OCCCCCCOC)cc7)cc6)ccc5s4)cc3c2)cc1. The molecule has 2 aromatic heterocycles. The Morgan fingerprint density at radius 3 is 1.17 bits per heavy atom. The molecular weight excluding hydrogens is 997 g/mol. The average molecular weight is 1070 g/mol. The fourth-order valence-electron chi connectivity index (χ4n) is 10.1. The number of carbonyl (C=O) groups excluding carboxylic acids is 2. The van der Waals surface area contributed by atoms with Gasteiger partial charge in [-0.1, -0.05) is 117 Å². The highest BCUT2D eigenvalue weighted by atomic mass is 32.1. The molecule has 394 valence electrons. The lowest BCUT2D eigenvalue weighted by molar-refractivity contribution is -0.143. The van der Waals surface area contributed by atoms with Crippen LogP contribution in [-0.4, -0.2) is 32.1 Å². The minimum absolute atomic E-state index is 0.135. The first kappa shape index (κ1) is 53.8. The van der Waals surface area contributed by atoms with E-state index in [1.165, 1.54) is 46.6 Å². The highest BCUT2D eigenvalue weighted by Crippen LogP contribution is 2.45. The monoisotopic (exact) mass is 1060 g/mol. The molecule has 78 heavy (non-hydrogen) atoms. The fraction of sp³-hybridized carbons (Fsp3) is 0.229. The van der Waals surface area contributed by atoms with E-state index in [-0.39, 0.29) is 11.8 Å². The van der Waals surface area contributed by atoms with E-state index in [9.17, 15) is 9.59 Å². The molecule has 8 aromatic carbocycles. The molecule has 0 atom stereocenters. The van der Waals surface area contributed by atoms with E-state index in [2.05, 4.69) is 218 Å². The number of ether oxygens (including phenoxy) is 2. The van der Waals surface area contributed by atoms with Crippen molar-refractivity contribution in [3.05, 3.63) is 216 Å². The Labute approximate surface area is 468 Å². The summed E-state index contributed by atoms with van der Waals surface area (Å²) in [7, 11) is 1.73. The van der Waals surface area contributed by atoms with Crippen molar-refractivity contribution < 1.29 is 19.1 Å². The van der Waals surface area contributed by atoms with Gasteiger partial charge in [0.25, 0.3) is 0 Å². The van der Waals surface area contributed by atoms with Gasteiger partial charge in [-0.15, -0.1) is 22.7 Å². The third-order valence-electron chi connectivity index (χ3n) is 14.7. The number of hydrogen-bond acceptors (Lipinski definition) is 8. The Hall–Kier alpha value is -7.62. The smallest absolute Gasteiger partial charge is 0.306 e. The van der Waals surface area contributed by atoms with Crippen molar-refractivity contribution in [3.63, 3.8) is 0 Å². The number of Topliss-reactive ketones (excluding diaryl/α,β-unsaturated/α-hetero) is 1. The van der Waals surface area contributed by atoms with Crippen LogP contribution in [0.3, 0.4) is 0 Å². The summed E-state index contributed by atoms with van der Waals surface area (Å²) in [5.41, 5.74) is 16.1. The van der Waals surface area contributed by atoms with E-state index in [1.54, 1.807) is 14.0 Å². The molecule has 8 heteroatoms. The molecule has 0 unspecified atom stereocenters. The van der Waals surface area contributed by atoms with Gasteiger partial charge in [-0.2, -0.15) is 0 Å². The number of ketones is 1. The molecule has 0 fully saturated rings. The van der Waals surface area contributed by atoms with Crippen LogP contribution in [0.5, 0.6) is 0 Å². The summed E-state index contributed by atoms with van der Waals surface area (Å²) in [4.78, 5) is 31.2. The van der Waals surface area contributed by atoms with Crippen LogP contribution in [0, 0.1) is 0 Å². The van der Waals surface area contributed by atoms with Gasteiger partial charge in [-0.3, -0.25) is 4.79 Å². The number of benzene rings is 8. The molecule has 10 rings (SSSR count). The van der Waals surface area contributed by atoms with Crippen LogP contribution in [-0.2, 0) is 44.7 Å². The van der Waals surface area contributed by atoms with Gasteiger partial charge < -0.3 is 24.1 Å². The Bertz CT molecular complexity index is 3580. The van der Waals surface area contributed by atoms with Crippen LogP contribution < -0.4 is 9.80 Å². The molecule has 0 radical (unpaired) electrons. The van der Waals surface area contributed by atoms with Gasteiger partial charge in [0.1, 0.15) is 5.78 Å². The van der Waals surface area contributed by atoms with Gasteiger partial charge in [-0.25, -0.2) is 0 Å². The summed E-state index contributed by atoms with van der Waals surface area (Å²) in [6.45, 7) is 7.31. The maximum Gasteiger partial charge on any atom is 0.306 e. The Morgan fingerprint density at radius 1 is 0.410 bits per heavy atom. The molecule has 0 aliphatic rings. The second-order valence-corrected chi connectivity index (χ2v) is 22.4. The lowest BCUT2D eigenvalue weighted by Crippen LogP contribution is -2.09. The summed E-state index contributed by atoms with van der Waals surface area (Å²) < 4.78 is 13.1. The first-order chi connectivity index (χ1) is 38.2. The predicted molar refractivity (Wildman–Crippen MR) is 330 cm³/mol. The number of hydrogen-bond donors (Lipinski definition) is 0. The van der Waals surface area contributed by atoms with Crippen LogP contribution in [0.4, 0.5) is 34.1 Å². The summed E-state index contributed by atoms with van der Waals surface area (Å²) >= 11 is 3.69. The summed E-state index contributed by atoms with van der Waals surface area (Å²) in [6, 6.07) is 71.2. The van der Waals surface area contributed by atoms with Gasteiger partial charge >= 0.3 is 5.97 Å². The first-order valence-electron chi connectivity index (χ1n) is 27.6. The second kappa shape index (κ2) is 25.7. The number of esters is 1. The second-order valence-electron chi connectivity index (χ2n) is 20.2. The molecule has 0 aliphatic carbocycles. The van der Waals surface area contributed by atoms with E-state index in [4.69, 9.17) is 9.47 Å². The normalized spacial score (nSPS) is 11.3. The maximum absolute atomic E-state index is 12.4. The van der Waals surface area contributed by atoms with Crippen molar-refractivity contribution in [2.75, 3.05) is 30.1 Å². The minimum atomic E-state index is -0.135. The van der Waals surface area contributed by atoms with E-state index in [0.29, 0.717) is 25.9 Å².